The van der Waals surface area contributed by atoms with E-state index in [1.54, 1.807) is 24.3 Å². The molecule has 112 valence electrons. The van der Waals surface area contributed by atoms with Gasteiger partial charge < -0.3 is 14.8 Å². The van der Waals surface area contributed by atoms with Gasteiger partial charge in [0.1, 0.15) is 11.8 Å². The van der Waals surface area contributed by atoms with E-state index in [9.17, 15) is 4.79 Å². The Morgan fingerprint density at radius 2 is 2.29 bits per heavy atom. The second-order valence-corrected chi connectivity index (χ2v) is 5.76. The number of ether oxygens (including phenoxy) is 2. The summed E-state index contributed by atoms with van der Waals surface area (Å²) in [6, 6.07) is 9.02. The minimum absolute atomic E-state index is 0.0868. The molecule has 21 heavy (non-hydrogen) atoms. The lowest BCUT2D eigenvalue weighted by Crippen LogP contribution is -2.47. The van der Waals surface area contributed by atoms with Gasteiger partial charge in [-0.05, 0) is 38.8 Å². The molecule has 1 amide bonds. The SMILES string of the molecule is CC1(C)CC(NC(=O)COc2ccccc2C#N)CCO1. The summed E-state index contributed by atoms with van der Waals surface area (Å²) in [4.78, 5) is 11.9. The number of nitrogens with one attached hydrogen (secondary N) is 1. The first-order valence-electron chi connectivity index (χ1n) is 7.05. The lowest BCUT2D eigenvalue weighted by molar-refractivity contribution is -0.126. The van der Waals surface area contributed by atoms with E-state index in [0.717, 1.165) is 12.8 Å². The molecule has 1 aliphatic rings. The Kier molecular flexibility index (Phi) is 4.81. The van der Waals surface area contributed by atoms with Crippen molar-refractivity contribution in [3.05, 3.63) is 29.8 Å². The Morgan fingerprint density at radius 3 is 3.00 bits per heavy atom. The highest BCUT2D eigenvalue weighted by molar-refractivity contribution is 5.78. The normalized spacial score (nSPS) is 20.3. The Hall–Kier alpha value is -2.06. The molecule has 1 atom stereocenters. The van der Waals surface area contributed by atoms with Crippen LogP contribution >= 0.6 is 0 Å². The third kappa shape index (κ3) is 4.47. The van der Waals surface area contributed by atoms with Crippen LogP contribution in [0.1, 0.15) is 32.3 Å². The predicted octanol–water partition coefficient (Wildman–Crippen LogP) is 2.01. The number of rotatable bonds is 4. The van der Waals surface area contributed by atoms with Crippen molar-refractivity contribution in [2.75, 3.05) is 13.2 Å². The van der Waals surface area contributed by atoms with Crippen molar-refractivity contribution in [2.45, 2.75) is 38.3 Å². The summed E-state index contributed by atoms with van der Waals surface area (Å²) in [5.41, 5.74) is 0.224. The van der Waals surface area contributed by atoms with Crippen molar-refractivity contribution in [1.82, 2.24) is 5.32 Å². The molecule has 1 aliphatic heterocycles. The molecule has 0 spiro atoms. The lowest BCUT2D eigenvalue weighted by atomic mass is 9.94. The summed E-state index contributed by atoms with van der Waals surface area (Å²) >= 11 is 0. The molecule has 0 bridgehead atoms. The third-order valence-electron chi connectivity index (χ3n) is 3.43. The highest BCUT2D eigenvalue weighted by Gasteiger charge is 2.29. The fourth-order valence-corrected chi connectivity index (χ4v) is 2.45. The molecule has 1 aromatic carbocycles. The summed E-state index contributed by atoms with van der Waals surface area (Å²) in [6.45, 7) is 4.60. The van der Waals surface area contributed by atoms with Crippen LogP contribution in [0.15, 0.2) is 24.3 Å². The van der Waals surface area contributed by atoms with E-state index in [0.29, 0.717) is 17.9 Å². The minimum atomic E-state index is -0.204. The standard InChI is InChI=1S/C16H20N2O3/c1-16(2)9-13(7-8-21-16)18-15(19)11-20-14-6-4-3-5-12(14)10-17/h3-6,13H,7-9,11H2,1-2H3,(H,18,19). The smallest absolute Gasteiger partial charge is 0.258 e. The Labute approximate surface area is 124 Å². The van der Waals surface area contributed by atoms with Crippen LogP contribution in [0.4, 0.5) is 0 Å². The molecule has 0 aliphatic carbocycles. The average Bonchev–Trinajstić information content (AvgIpc) is 2.44. The van der Waals surface area contributed by atoms with Crippen LogP contribution < -0.4 is 10.1 Å². The predicted molar refractivity (Wildman–Crippen MR) is 77.8 cm³/mol. The first-order valence-corrected chi connectivity index (χ1v) is 7.05. The van der Waals surface area contributed by atoms with E-state index in [2.05, 4.69) is 5.32 Å². The molecule has 5 nitrogen and oxygen atoms in total. The van der Waals surface area contributed by atoms with Crippen LogP contribution in [0.5, 0.6) is 5.75 Å². The average molecular weight is 288 g/mol. The molecule has 0 aromatic heterocycles. The largest absolute Gasteiger partial charge is 0.482 e. The van der Waals surface area contributed by atoms with Gasteiger partial charge in [0.05, 0.1) is 11.2 Å². The zero-order chi connectivity index (χ0) is 15.3. The van der Waals surface area contributed by atoms with Crippen molar-refractivity contribution >= 4 is 5.91 Å². The topological polar surface area (TPSA) is 71.3 Å². The van der Waals surface area contributed by atoms with Gasteiger partial charge in [0.25, 0.3) is 5.91 Å². The summed E-state index contributed by atoms with van der Waals surface area (Å²) < 4.78 is 11.0. The maximum absolute atomic E-state index is 11.9. The zero-order valence-corrected chi connectivity index (χ0v) is 12.4. The number of amides is 1. The van der Waals surface area contributed by atoms with E-state index in [4.69, 9.17) is 14.7 Å². The molecular weight excluding hydrogens is 268 g/mol. The van der Waals surface area contributed by atoms with E-state index >= 15 is 0 Å². The van der Waals surface area contributed by atoms with Crippen molar-refractivity contribution in [2.24, 2.45) is 0 Å². The van der Waals surface area contributed by atoms with Gasteiger partial charge in [-0.1, -0.05) is 12.1 Å². The van der Waals surface area contributed by atoms with Gasteiger partial charge in [0, 0.05) is 12.6 Å². The summed E-state index contributed by atoms with van der Waals surface area (Å²) in [6.07, 6.45) is 1.59. The first kappa shape index (κ1) is 15.3. The van der Waals surface area contributed by atoms with Crippen LogP contribution in [0.25, 0.3) is 0 Å². The van der Waals surface area contributed by atoms with Crippen molar-refractivity contribution in [3.63, 3.8) is 0 Å². The molecular formula is C16H20N2O3. The van der Waals surface area contributed by atoms with Gasteiger partial charge >= 0.3 is 0 Å². The summed E-state index contributed by atoms with van der Waals surface area (Å²) in [5, 5.41) is 11.9. The van der Waals surface area contributed by atoms with Gasteiger partial charge in [-0.2, -0.15) is 5.26 Å². The number of hydrogen-bond donors (Lipinski definition) is 1. The van der Waals surface area contributed by atoms with Crippen molar-refractivity contribution in [1.29, 1.82) is 5.26 Å². The lowest BCUT2D eigenvalue weighted by Gasteiger charge is -2.35. The summed E-state index contributed by atoms with van der Waals surface area (Å²) in [7, 11) is 0. The number of nitriles is 1. The third-order valence-corrected chi connectivity index (χ3v) is 3.43. The number of hydrogen-bond acceptors (Lipinski definition) is 4. The van der Waals surface area contributed by atoms with E-state index in [-0.39, 0.29) is 24.2 Å². The Balaban J connectivity index is 1.84. The molecule has 0 saturated carbocycles. The van der Waals surface area contributed by atoms with Crippen LogP contribution in [0.2, 0.25) is 0 Å². The molecule has 5 heteroatoms. The van der Waals surface area contributed by atoms with Crippen molar-refractivity contribution in [3.8, 4) is 11.8 Å². The first-order chi connectivity index (χ1) is 10.00. The fourth-order valence-electron chi connectivity index (χ4n) is 2.45. The van der Waals surface area contributed by atoms with Crippen LogP contribution in [0.3, 0.4) is 0 Å². The van der Waals surface area contributed by atoms with Crippen LogP contribution in [-0.4, -0.2) is 30.8 Å². The molecule has 1 N–H and O–H groups in total. The van der Waals surface area contributed by atoms with Gasteiger partial charge in [-0.3, -0.25) is 4.79 Å². The highest BCUT2D eigenvalue weighted by atomic mass is 16.5. The Bertz CT molecular complexity index is 549. The molecule has 1 unspecified atom stereocenters. The number of benzene rings is 1. The maximum atomic E-state index is 11.9. The van der Waals surface area contributed by atoms with Crippen molar-refractivity contribution < 1.29 is 14.3 Å². The molecule has 1 aromatic rings. The van der Waals surface area contributed by atoms with Gasteiger partial charge in [0.15, 0.2) is 6.61 Å². The van der Waals surface area contributed by atoms with E-state index in [1.807, 2.05) is 19.9 Å². The molecule has 0 radical (unpaired) electrons. The van der Waals surface area contributed by atoms with E-state index in [1.165, 1.54) is 0 Å². The number of para-hydroxylation sites is 1. The minimum Gasteiger partial charge on any atom is -0.482 e. The van der Waals surface area contributed by atoms with Gasteiger partial charge in [-0.25, -0.2) is 0 Å². The fraction of sp³-hybridized carbons (Fsp3) is 0.500. The molecule has 1 saturated heterocycles. The Morgan fingerprint density at radius 1 is 1.52 bits per heavy atom. The molecule has 1 heterocycles. The monoisotopic (exact) mass is 288 g/mol. The number of carbonyl (C=O) groups is 1. The van der Waals surface area contributed by atoms with Gasteiger partial charge in [-0.15, -0.1) is 0 Å². The van der Waals surface area contributed by atoms with Crippen LogP contribution in [0, 0.1) is 11.3 Å². The highest BCUT2D eigenvalue weighted by Crippen LogP contribution is 2.23. The number of carbonyl (C=O) groups excluding carboxylic acids is 1. The van der Waals surface area contributed by atoms with Crippen LogP contribution in [-0.2, 0) is 9.53 Å². The van der Waals surface area contributed by atoms with E-state index < -0.39 is 0 Å². The second kappa shape index (κ2) is 6.59. The zero-order valence-electron chi connectivity index (χ0n) is 12.4. The summed E-state index contributed by atoms with van der Waals surface area (Å²) in [5.74, 6) is 0.257. The maximum Gasteiger partial charge on any atom is 0.258 e. The van der Waals surface area contributed by atoms with Gasteiger partial charge in [0.2, 0.25) is 0 Å². The second-order valence-electron chi connectivity index (χ2n) is 5.76. The number of nitrogens with zero attached hydrogens (tertiary/aromatic N) is 1. The molecule has 2 rings (SSSR count). The quantitative estimate of drug-likeness (QED) is 0.920. The molecule has 1 fully saturated rings.